The van der Waals surface area contributed by atoms with Gasteiger partial charge in [-0.1, -0.05) is 27.7 Å². The fourth-order valence-electron chi connectivity index (χ4n) is 2.90. The van der Waals surface area contributed by atoms with Crippen LogP contribution in [-0.2, 0) is 14.4 Å². The molecule has 0 radical (unpaired) electrons. The Kier molecular flexibility index (Phi) is 13.8. The van der Waals surface area contributed by atoms with E-state index in [4.69, 9.17) is 17.2 Å². The molecule has 10 N–H and O–H groups in total. The first kappa shape index (κ1) is 29.6. The van der Waals surface area contributed by atoms with Crippen LogP contribution in [0.5, 0.6) is 0 Å². The van der Waals surface area contributed by atoms with Crippen LogP contribution in [0.4, 0.5) is 4.79 Å². The van der Waals surface area contributed by atoms with Crippen molar-refractivity contribution in [3.05, 3.63) is 0 Å². The molecule has 188 valence electrons. The van der Waals surface area contributed by atoms with Gasteiger partial charge < -0.3 is 33.2 Å². The number of guanidine groups is 1. The Bertz CT molecular complexity index is 718. The number of aliphatic imine (C=N–C) groups is 1. The van der Waals surface area contributed by atoms with E-state index in [9.17, 15) is 19.2 Å². The lowest BCUT2D eigenvalue weighted by atomic mass is 9.99. The fourth-order valence-corrected chi connectivity index (χ4v) is 2.90. The van der Waals surface area contributed by atoms with Gasteiger partial charge in [0.2, 0.25) is 17.7 Å². The van der Waals surface area contributed by atoms with Gasteiger partial charge in [0.25, 0.3) is 0 Å². The maximum atomic E-state index is 13.0. The van der Waals surface area contributed by atoms with Gasteiger partial charge in [0.05, 0.1) is 6.04 Å². The van der Waals surface area contributed by atoms with Crippen molar-refractivity contribution >= 4 is 35.9 Å². The van der Waals surface area contributed by atoms with E-state index in [-0.39, 0.29) is 23.7 Å². The van der Waals surface area contributed by atoms with Gasteiger partial charge in [-0.25, -0.2) is 10.2 Å². The van der Waals surface area contributed by atoms with Gasteiger partial charge in [-0.2, -0.15) is 5.10 Å². The van der Waals surface area contributed by atoms with Crippen molar-refractivity contribution in [2.24, 2.45) is 39.1 Å². The number of carbonyl (C=O) groups excluding carboxylic acids is 4. The molecule has 0 saturated carbocycles. The van der Waals surface area contributed by atoms with Gasteiger partial charge in [-0.05, 0) is 31.1 Å². The Morgan fingerprint density at radius 1 is 0.939 bits per heavy atom. The molecule has 0 aromatic heterocycles. The van der Waals surface area contributed by atoms with Crippen molar-refractivity contribution in [3.63, 3.8) is 0 Å². The number of amides is 5. The number of hydrazone groups is 1. The number of urea groups is 1. The Balaban J connectivity index is 5.36. The summed E-state index contributed by atoms with van der Waals surface area (Å²) in [6.07, 6.45) is 2.68. The van der Waals surface area contributed by atoms with E-state index in [1.807, 2.05) is 13.8 Å². The van der Waals surface area contributed by atoms with Crippen molar-refractivity contribution in [3.8, 4) is 0 Å². The maximum absolute atomic E-state index is 13.0. The van der Waals surface area contributed by atoms with E-state index in [1.165, 1.54) is 13.1 Å². The molecule has 0 saturated heterocycles. The van der Waals surface area contributed by atoms with Crippen molar-refractivity contribution in [1.29, 1.82) is 0 Å². The average Bonchev–Trinajstić information content (AvgIpc) is 2.66. The normalized spacial score (nSPS) is 13.8. The van der Waals surface area contributed by atoms with Gasteiger partial charge in [0.1, 0.15) is 12.1 Å². The van der Waals surface area contributed by atoms with Crippen LogP contribution >= 0.6 is 0 Å². The minimum Gasteiger partial charge on any atom is -0.370 e. The second-order valence-corrected chi connectivity index (χ2v) is 8.43. The van der Waals surface area contributed by atoms with Gasteiger partial charge in [-0.15, -0.1) is 0 Å². The molecule has 13 heteroatoms. The molecule has 0 aromatic carbocycles. The first-order valence-electron chi connectivity index (χ1n) is 10.8. The molecule has 0 aromatic rings. The van der Waals surface area contributed by atoms with E-state index in [1.54, 1.807) is 13.8 Å². The molecule has 0 spiro atoms. The molecule has 0 heterocycles. The third kappa shape index (κ3) is 14.3. The summed E-state index contributed by atoms with van der Waals surface area (Å²) in [6.45, 7) is 9.11. The standard InChI is InChI=1S/C20H39N9O4/c1-11(2)9-15(26-13(5)30)17(31)28-16(12(3)4)18(32)27-14(10-25-29-20(23)33)7-6-8-24-19(21)22/h10-12,14-16H,6-9H2,1-5H3,(H,26,30)(H,27,32)(H,28,31)(H4,21,22,24)(H3,23,29,33)/b25-10+/t14-,15-,16-/m0/s1. The quantitative estimate of drug-likeness (QED) is 0.0721. The number of hydrogen-bond donors (Lipinski definition) is 7. The van der Waals surface area contributed by atoms with Crippen LogP contribution in [0.1, 0.15) is 53.9 Å². The van der Waals surface area contributed by atoms with Crippen molar-refractivity contribution in [1.82, 2.24) is 21.4 Å². The Morgan fingerprint density at radius 3 is 2.06 bits per heavy atom. The van der Waals surface area contributed by atoms with E-state index in [0.29, 0.717) is 25.8 Å². The molecular formula is C20H39N9O4. The second-order valence-electron chi connectivity index (χ2n) is 8.43. The van der Waals surface area contributed by atoms with Gasteiger partial charge in [0, 0.05) is 19.7 Å². The molecule has 0 aliphatic rings. The summed E-state index contributed by atoms with van der Waals surface area (Å²) < 4.78 is 0. The van der Waals surface area contributed by atoms with E-state index >= 15 is 0 Å². The summed E-state index contributed by atoms with van der Waals surface area (Å²) in [6, 6.07) is -3.05. The van der Waals surface area contributed by atoms with Crippen LogP contribution in [0.15, 0.2) is 10.1 Å². The molecule has 0 fully saturated rings. The monoisotopic (exact) mass is 469 g/mol. The number of nitrogens with zero attached hydrogens (tertiary/aromatic N) is 2. The first-order valence-corrected chi connectivity index (χ1v) is 10.8. The number of primary amides is 1. The van der Waals surface area contributed by atoms with Crippen molar-refractivity contribution in [2.75, 3.05) is 6.54 Å². The Labute approximate surface area is 194 Å². The molecular weight excluding hydrogens is 430 g/mol. The molecule has 0 unspecified atom stereocenters. The fraction of sp³-hybridized carbons (Fsp3) is 0.700. The molecule has 0 aliphatic carbocycles. The lowest BCUT2D eigenvalue weighted by molar-refractivity contribution is -0.132. The number of carbonyl (C=O) groups is 4. The highest BCUT2D eigenvalue weighted by Gasteiger charge is 2.29. The van der Waals surface area contributed by atoms with Crippen molar-refractivity contribution in [2.45, 2.75) is 72.0 Å². The minimum atomic E-state index is -0.862. The predicted octanol–water partition coefficient (Wildman–Crippen LogP) is -1.13. The number of rotatable bonds is 14. The molecule has 13 nitrogen and oxygen atoms in total. The molecule has 5 amide bonds. The van der Waals surface area contributed by atoms with Gasteiger partial charge in [-0.3, -0.25) is 19.4 Å². The zero-order chi connectivity index (χ0) is 25.6. The Morgan fingerprint density at radius 2 is 1.58 bits per heavy atom. The van der Waals surface area contributed by atoms with Crippen molar-refractivity contribution < 1.29 is 19.2 Å². The lowest BCUT2D eigenvalue weighted by Gasteiger charge is -2.27. The topological polar surface area (TPSA) is 219 Å². The van der Waals surface area contributed by atoms with Crippen LogP contribution in [-0.4, -0.2) is 60.6 Å². The van der Waals surface area contributed by atoms with Crippen LogP contribution in [0.2, 0.25) is 0 Å². The number of nitrogens with one attached hydrogen (secondary N) is 4. The molecule has 3 atom stereocenters. The predicted molar refractivity (Wildman–Crippen MR) is 127 cm³/mol. The summed E-state index contributed by atoms with van der Waals surface area (Å²) in [5.74, 6) is -1.35. The smallest absolute Gasteiger partial charge is 0.332 e. The van der Waals surface area contributed by atoms with Gasteiger partial charge in [0.15, 0.2) is 5.96 Å². The zero-order valence-electron chi connectivity index (χ0n) is 20.1. The summed E-state index contributed by atoms with van der Waals surface area (Å²) >= 11 is 0. The van der Waals surface area contributed by atoms with Crippen LogP contribution < -0.4 is 38.6 Å². The van der Waals surface area contributed by atoms with Crippen LogP contribution in [0.25, 0.3) is 0 Å². The largest absolute Gasteiger partial charge is 0.370 e. The highest BCUT2D eigenvalue weighted by atomic mass is 16.2. The molecule has 0 bridgehead atoms. The lowest BCUT2D eigenvalue weighted by Crippen LogP contribution is -2.56. The minimum absolute atomic E-state index is 0.0441. The second kappa shape index (κ2) is 15.4. The summed E-state index contributed by atoms with van der Waals surface area (Å²) in [5.41, 5.74) is 17.7. The summed E-state index contributed by atoms with van der Waals surface area (Å²) in [4.78, 5) is 52.0. The van der Waals surface area contributed by atoms with E-state index < -0.39 is 36.0 Å². The van der Waals surface area contributed by atoms with Gasteiger partial charge >= 0.3 is 6.03 Å². The van der Waals surface area contributed by atoms with Crippen LogP contribution in [0.3, 0.4) is 0 Å². The third-order valence-electron chi connectivity index (χ3n) is 4.37. The molecule has 33 heavy (non-hydrogen) atoms. The van der Waals surface area contributed by atoms with E-state index in [2.05, 4.69) is 31.5 Å². The molecule has 0 aliphatic heterocycles. The molecule has 0 rings (SSSR count). The van der Waals surface area contributed by atoms with E-state index in [0.717, 1.165) is 0 Å². The first-order chi connectivity index (χ1) is 15.3. The summed E-state index contributed by atoms with van der Waals surface area (Å²) in [5, 5.41) is 11.9. The SMILES string of the molecule is CC(=O)N[C@@H](CC(C)C)C(=O)N[C@H](C(=O)N[C@H](/C=N/NC(N)=O)CCCN=C(N)N)C(C)C. The highest BCUT2D eigenvalue weighted by Crippen LogP contribution is 2.09. The van der Waals surface area contributed by atoms with Crippen LogP contribution in [0, 0.1) is 11.8 Å². The highest BCUT2D eigenvalue weighted by molar-refractivity contribution is 5.92. The zero-order valence-corrected chi connectivity index (χ0v) is 20.1. The summed E-state index contributed by atoms with van der Waals surface area (Å²) in [7, 11) is 0. The third-order valence-corrected chi connectivity index (χ3v) is 4.37. The average molecular weight is 470 g/mol. The number of hydrogen-bond acceptors (Lipinski definition) is 6. The maximum Gasteiger partial charge on any atom is 0.332 e. The Hall–Kier alpha value is -3.38. The number of nitrogens with two attached hydrogens (primary N) is 3.